The highest BCUT2D eigenvalue weighted by Gasteiger charge is 2.28. The summed E-state index contributed by atoms with van der Waals surface area (Å²) < 4.78 is 41.9. The van der Waals surface area contributed by atoms with Crippen molar-refractivity contribution in [1.82, 2.24) is 9.97 Å². The molecule has 1 unspecified atom stereocenters. The maximum Gasteiger partial charge on any atom is 0.306 e. The second kappa shape index (κ2) is 10.2. The molecule has 3 atom stereocenters. The number of H-pyrrole nitrogens is 1. The van der Waals surface area contributed by atoms with Crippen molar-refractivity contribution >= 4 is 34.2 Å². The van der Waals surface area contributed by atoms with Crippen LogP contribution < -0.4 is 4.74 Å². The molecular weight excluding hydrogens is 494 g/mol. The maximum atomic E-state index is 15.2. The molecule has 1 aliphatic carbocycles. The molecule has 0 radical (unpaired) electrons. The van der Waals surface area contributed by atoms with Gasteiger partial charge in [-0.2, -0.15) is 0 Å². The Morgan fingerprint density at radius 2 is 2.03 bits per heavy atom. The van der Waals surface area contributed by atoms with Crippen LogP contribution >= 0.6 is 11.6 Å². The highest BCUT2D eigenvalue weighted by molar-refractivity contribution is 6.33. The van der Waals surface area contributed by atoms with Gasteiger partial charge < -0.3 is 24.7 Å². The Hall–Kier alpha value is -3.01. The lowest BCUT2D eigenvalue weighted by molar-refractivity contribution is -0.141. The van der Waals surface area contributed by atoms with Crippen molar-refractivity contribution in [1.29, 1.82) is 0 Å². The van der Waals surface area contributed by atoms with E-state index >= 15 is 8.78 Å². The first-order valence-corrected chi connectivity index (χ1v) is 12.2. The average Bonchev–Trinajstić information content (AvgIpc) is 3.44. The zero-order valence-electron chi connectivity index (χ0n) is 19.3. The summed E-state index contributed by atoms with van der Waals surface area (Å²) in [5, 5.41) is 18.3. The predicted molar refractivity (Wildman–Crippen MR) is 130 cm³/mol. The summed E-state index contributed by atoms with van der Waals surface area (Å²) >= 11 is 6.38. The van der Waals surface area contributed by atoms with Crippen LogP contribution in [0.5, 0.6) is 5.88 Å². The predicted octanol–water partition coefficient (Wildman–Crippen LogP) is 5.35. The van der Waals surface area contributed by atoms with Crippen LogP contribution in [0.2, 0.25) is 5.02 Å². The Labute approximate surface area is 210 Å². The van der Waals surface area contributed by atoms with E-state index in [4.69, 9.17) is 31.3 Å². The first-order valence-electron chi connectivity index (χ1n) is 11.8. The number of pyridine rings is 1. The third-order valence-corrected chi connectivity index (χ3v) is 7.02. The number of aliphatic hydroxyl groups excluding tert-OH is 1. The fourth-order valence-electron chi connectivity index (χ4n) is 4.83. The molecule has 1 aromatic carbocycles. The number of allylic oxidation sites excluding steroid dienone is 2. The molecule has 0 saturated carbocycles. The summed E-state index contributed by atoms with van der Waals surface area (Å²) in [6, 6.07) is 5.67. The molecule has 3 heterocycles. The molecule has 190 valence electrons. The van der Waals surface area contributed by atoms with Gasteiger partial charge in [0.15, 0.2) is 5.88 Å². The van der Waals surface area contributed by atoms with Crippen molar-refractivity contribution in [3.8, 4) is 17.1 Å². The molecule has 5 rings (SSSR count). The van der Waals surface area contributed by atoms with Crippen molar-refractivity contribution in [2.24, 2.45) is 5.92 Å². The Kier molecular flexibility index (Phi) is 6.96. The molecule has 7 nitrogen and oxygen atoms in total. The number of halogens is 3. The number of nitrogens with one attached hydrogen (secondary N) is 1. The number of fused-ring (bicyclic) bond motifs is 1. The summed E-state index contributed by atoms with van der Waals surface area (Å²) in [7, 11) is 0. The summed E-state index contributed by atoms with van der Waals surface area (Å²) in [6.07, 6.45) is 3.85. The van der Waals surface area contributed by atoms with E-state index in [-0.39, 0.29) is 35.1 Å². The second-order valence-corrected chi connectivity index (χ2v) is 9.59. The SMILES string of the molecule is O=C(O)C1CC=C(c2cc(F)c(-c3nc4cc(O[C@@H]5CO[C@H](CCO)C5)[nH]c4cc3Cl)c(F)c2)CC1. The molecular formula is C26H25ClF2N2O5. The Morgan fingerprint density at radius 3 is 2.69 bits per heavy atom. The van der Waals surface area contributed by atoms with E-state index in [1.165, 1.54) is 12.1 Å². The van der Waals surface area contributed by atoms with Crippen molar-refractivity contribution in [3.05, 3.63) is 52.6 Å². The van der Waals surface area contributed by atoms with Crippen LogP contribution in [0.15, 0.2) is 30.3 Å². The van der Waals surface area contributed by atoms with Crippen LogP contribution in [-0.2, 0) is 9.53 Å². The molecule has 36 heavy (non-hydrogen) atoms. The van der Waals surface area contributed by atoms with Gasteiger partial charge in [0.2, 0.25) is 0 Å². The topological polar surface area (TPSA) is 105 Å². The molecule has 2 aromatic heterocycles. The maximum absolute atomic E-state index is 15.2. The molecule has 2 aliphatic rings. The fourth-order valence-corrected chi connectivity index (χ4v) is 5.08. The number of aromatic amines is 1. The van der Waals surface area contributed by atoms with E-state index in [2.05, 4.69) is 9.97 Å². The molecule has 0 amide bonds. The van der Waals surface area contributed by atoms with Gasteiger partial charge in [0.05, 0.1) is 45.9 Å². The molecule has 0 bridgehead atoms. The molecule has 0 spiro atoms. The van der Waals surface area contributed by atoms with Gasteiger partial charge in [-0.25, -0.2) is 13.8 Å². The van der Waals surface area contributed by atoms with E-state index in [1.54, 1.807) is 18.2 Å². The lowest BCUT2D eigenvalue weighted by Gasteiger charge is -2.19. The van der Waals surface area contributed by atoms with Crippen molar-refractivity contribution in [2.45, 2.75) is 44.3 Å². The first kappa shape index (κ1) is 24.7. The number of carboxylic acids is 1. The lowest BCUT2D eigenvalue weighted by atomic mass is 9.86. The first-order chi connectivity index (χ1) is 17.3. The van der Waals surface area contributed by atoms with E-state index < -0.39 is 23.5 Å². The zero-order valence-corrected chi connectivity index (χ0v) is 20.0. The standard InChI is InChI=1S/C26H25ClF2N2O5/c27-18-10-21-22(11-23(30-21)36-17-9-16(5-6-32)35-12-17)31-25(18)24-19(28)7-15(8-20(24)29)13-1-3-14(4-2-13)26(33)34/h1,7-8,10-11,14,16-17,30,32H,2-6,9,12H2,(H,33,34)/t14?,16-,17+/m1/s1. The average molecular weight is 519 g/mol. The van der Waals surface area contributed by atoms with Gasteiger partial charge in [-0.05, 0) is 55.0 Å². The monoisotopic (exact) mass is 518 g/mol. The number of aliphatic carboxylic acids is 1. The number of benzene rings is 1. The van der Waals surface area contributed by atoms with Crippen LogP contribution in [0.3, 0.4) is 0 Å². The molecule has 3 N–H and O–H groups in total. The molecule has 1 saturated heterocycles. The summed E-state index contributed by atoms with van der Waals surface area (Å²) in [6.45, 7) is 0.446. The van der Waals surface area contributed by atoms with Crippen LogP contribution in [0.1, 0.15) is 37.7 Å². The highest BCUT2D eigenvalue weighted by Crippen LogP contribution is 2.37. The highest BCUT2D eigenvalue weighted by atomic mass is 35.5. The zero-order chi connectivity index (χ0) is 25.4. The third-order valence-electron chi connectivity index (χ3n) is 6.73. The van der Waals surface area contributed by atoms with Crippen molar-refractivity contribution in [2.75, 3.05) is 13.2 Å². The van der Waals surface area contributed by atoms with Crippen LogP contribution in [0.4, 0.5) is 8.78 Å². The molecule has 1 fully saturated rings. The molecule has 3 aromatic rings. The van der Waals surface area contributed by atoms with Crippen LogP contribution in [0, 0.1) is 17.6 Å². The smallest absolute Gasteiger partial charge is 0.306 e. The van der Waals surface area contributed by atoms with Crippen molar-refractivity contribution in [3.63, 3.8) is 0 Å². The fraction of sp³-hybridized carbons (Fsp3) is 0.385. The van der Waals surface area contributed by atoms with Crippen LogP contribution in [0.25, 0.3) is 27.9 Å². The van der Waals surface area contributed by atoms with Gasteiger partial charge in [-0.3, -0.25) is 4.79 Å². The molecule has 10 heteroatoms. The number of rotatable bonds is 7. The summed E-state index contributed by atoms with van der Waals surface area (Å²) in [5.41, 5.74) is 1.74. The number of aliphatic hydroxyl groups is 1. The van der Waals surface area contributed by atoms with Crippen molar-refractivity contribution < 1.29 is 33.3 Å². The summed E-state index contributed by atoms with van der Waals surface area (Å²) in [5.74, 6) is -2.51. The largest absolute Gasteiger partial charge is 0.481 e. The lowest BCUT2D eigenvalue weighted by Crippen LogP contribution is -2.16. The van der Waals surface area contributed by atoms with Gasteiger partial charge in [-0.1, -0.05) is 17.7 Å². The van der Waals surface area contributed by atoms with E-state index in [9.17, 15) is 4.79 Å². The number of nitrogens with zero attached hydrogens (tertiary/aromatic N) is 1. The number of hydrogen-bond donors (Lipinski definition) is 3. The minimum Gasteiger partial charge on any atom is -0.481 e. The van der Waals surface area contributed by atoms with Gasteiger partial charge >= 0.3 is 5.97 Å². The molecule has 1 aliphatic heterocycles. The van der Waals surface area contributed by atoms with Gasteiger partial charge in [-0.15, -0.1) is 0 Å². The number of aromatic nitrogens is 2. The Bertz CT molecular complexity index is 1320. The van der Waals surface area contributed by atoms with Gasteiger partial charge in [0.25, 0.3) is 0 Å². The normalized spacial score (nSPS) is 22.1. The Balaban J connectivity index is 1.40. The second-order valence-electron chi connectivity index (χ2n) is 9.18. The summed E-state index contributed by atoms with van der Waals surface area (Å²) in [4.78, 5) is 18.6. The van der Waals surface area contributed by atoms with E-state index in [0.717, 1.165) is 5.57 Å². The van der Waals surface area contributed by atoms with Gasteiger partial charge in [0.1, 0.15) is 17.7 Å². The number of hydrogen-bond acceptors (Lipinski definition) is 5. The number of carbonyl (C=O) groups is 1. The van der Waals surface area contributed by atoms with E-state index in [1.807, 2.05) is 0 Å². The van der Waals surface area contributed by atoms with E-state index in [0.29, 0.717) is 61.2 Å². The number of carboxylic acid groups (broad SMARTS) is 1. The Morgan fingerprint density at radius 1 is 1.25 bits per heavy atom. The van der Waals surface area contributed by atoms with Gasteiger partial charge in [0, 0.05) is 19.1 Å². The van der Waals surface area contributed by atoms with Crippen LogP contribution in [-0.4, -0.2) is 51.6 Å². The quantitative estimate of drug-likeness (QED) is 0.389. The number of ether oxygens (including phenoxy) is 2. The minimum atomic E-state index is -0.866. The minimum absolute atomic E-state index is 0.0213. The third kappa shape index (κ3) is 4.96.